The van der Waals surface area contributed by atoms with Gasteiger partial charge in [0.2, 0.25) is 5.91 Å². The monoisotopic (exact) mass is 1100 g/mol. The van der Waals surface area contributed by atoms with Crippen molar-refractivity contribution in [1.82, 2.24) is 5.32 Å². The molecule has 1 rings (SSSR count). The van der Waals surface area contributed by atoms with Gasteiger partial charge in [-0.15, -0.1) is 0 Å². The summed E-state index contributed by atoms with van der Waals surface area (Å²) in [6.45, 7) is 3.91. The molecule has 1 aliphatic rings. The molecule has 1 saturated carbocycles. The summed E-state index contributed by atoms with van der Waals surface area (Å²) in [5.74, 6) is -0.332. The van der Waals surface area contributed by atoms with Crippen molar-refractivity contribution < 1.29 is 53.9 Å². The van der Waals surface area contributed by atoms with Crippen molar-refractivity contribution in [1.29, 1.82) is 0 Å². The molecule has 0 saturated heterocycles. The predicted octanol–water partition coefficient (Wildman–Crippen LogP) is 15.9. The molecule has 8 N–H and O–H groups in total. The van der Waals surface area contributed by atoms with Crippen molar-refractivity contribution in [2.75, 3.05) is 6.61 Å². The van der Waals surface area contributed by atoms with Crippen LogP contribution in [-0.4, -0.2) is 96.8 Å². The average molecular weight is 1100 g/mol. The van der Waals surface area contributed by atoms with Gasteiger partial charge in [0, 0.05) is 6.42 Å². The van der Waals surface area contributed by atoms with Gasteiger partial charge in [-0.05, 0) is 19.3 Å². The van der Waals surface area contributed by atoms with E-state index in [9.17, 15) is 44.9 Å². The Bertz CT molecular complexity index is 1330. The van der Waals surface area contributed by atoms with Crippen molar-refractivity contribution >= 4 is 13.7 Å². The Hall–Kier alpha value is -0.920. The normalized spacial score (nSPS) is 20.6. The zero-order valence-corrected chi connectivity index (χ0v) is 50.2. The lowest BCUT2D eigenvalue weighted by atomic mass is 9.85. The SMILES string of the molecule is CCCCCCCCCCCCCCCCC/C=C/[C@@H](O)[C@H](COP(=O)(O)OC1C(O)C(O)C(O)[C@@H](O)C1O)NC(=O)CCCCCCCCCCCCCCCCCCCCCCCCCCCCCCCCCC. The summed E-state index contributed by atoms with van der Waals surface area (Å²) in [6, 6.07) is -1.11. The smallest absolute Gasteiger partial charge is 0.387 e. The van der Waals surface area contributed by atoms with Gasteiger partial charge in [0.15, 0.2) is 0 Å². The summed E-state index contributed by atoms with van der Waals surface area (Å²) in [6.07, 6.45) is 53.1. The molecule has 12 nitrogen and oxygen atoms in total. The summed E-state index contributed by atoms with van der Waals surface area (Å²) < 4.78 is 23.1. The number of nitrogens with one attached hydrogen (secondary N) is 1. The van der Waals surface area contributed by atoms with Gasteiger partial charge in [-0.2, -0.15) is 0 Å². The van der Waals surface area contributed by atoms with Crippen LogP contribution in [0.25, 0.3) is 0 Å². The Labute approximate surface area is 467 Å². The second kappa shape index (κ2) is 52.2. The predicted molar refractivity (Wildman–Crippen MR) is 315 cm³/mol. The first-order chi connectivity index (χ1) is 36.9. The number of phosphoric acid groups is 1. The van der Waals surface area contributed by atoms with Crippen LogP contribution in [0.5, 0.6) is 0 Å². The fraction of sp³-hybridized carbons (Fsp3) is 0.952. The van der Waals surface area contributed by atoms with Gasteiger partial charge in [0.25, 0.3) is 0 Å². The van der Waals surface area contributed by atoms with E-state index in [4.69, 9.17) is 9.05 Å². The summed E-state index contributed by atoms with van der Waals surface area (Å²) in [4.78, 5) is 23.6. The fourth-order valence-electron chi connectivity index (χ4n) is 10.9. The molecule has 1 amide bonds. The molecule has 0 radical (unpaired) electrons. The number of unbranched alkanes of at least 4 members (excludes halogenated alkanes) is 46. The van der Waals surface area contributed by atoms with Crippen molar-refractivity contribution in [3.63, 3.8) is 0 Å². The molecule has 6 unspecified atom stereocenters. The third-order valence-corrected chi connectivity index (χ3v) is 17.1. The Morgan fingerprint density at radius 1 is 0.434 bits per heavy atom. The van der Waals surface area contributed by atoms with E-state index in [2.05, 4.69) is 19.2 Å². The lowest BCUT2D eigenvalue weighted by Gasteiger charge is -2.41. The van der Waals surface area contributed by atoms with Crippen molar-refractivity contribution in [2.45, 2.75) is 377 Å². The molecular weight excluding hydrogens is 978 g/mol. The first-order valence-corrected chi connectivity index (χ1v) is 34.1. The Morgan fingerprint density at radius 3 is 1.00 bits per heavy atom. The number of aliphatic hydroxyl groups is 6. The van der Waals surface area contributed by atoms with Gasteiger partial charge in [-0.3, -0.25) is 13.8 Å². The number of hydrogen-bond acceptors (Lipinski definition) is 10. The van der Waals surface area contributed by atoms with E-state index in [0.29, 0.717) is 6.42 Å². The second-order valence-corrected chi connectivity index (χ2v) is 24.7. The van der Waals surface area contributed by atoms with Crippen LogP contribution in [0.15, 0.2) is 12.2 Å². The first kappa shape index (κ1) is 73.1. The van der Waals surface area contributed by atoms with E-state index in [1.807, 2.05) is 6.08 Å². The van der Waals surface area contributed by atoms with Crippen LogP contribution in [0.2, 0.25) is 0 Å². The number of phosphoric ester groups is 1. The van der Waals surface area contributed by atoms with E-state index >= 15 is 0 Å². The van der Waals surface area contributed by atoms with Crippen molar-refractivity contribution in [3.05, 3.63) is 12.2 Å². The molecule has 1 fully saturated rings. The number of aliphatic hydroxyl groups excluding tert-OH is 6. The molecule has 0 bridgehead atoms. The zero-order valence-electron chi connectivity index (χ0n) is 49.3. The number of allylic oxidation sites excluding steroid dienone is 1. The van der Waals surface area contributed by atoms with Crippen molar-refractivity contribution in [3.8, 4) is 0 Å². The minimum Gasteiger partial charge on any atom is -0.387 e. The van der Waals surface area contributed by atoms with Gasteiger partial charge in [-0.25, -0.2) is 4.57 Å². The maximum absolute atomic E-state index is 13.1. The molecule has 0 heterocycles. The third kappa shape index (κ3) is 42.0. The van der Waals surface area contributed by atoms with Crippen LogP contribution in [0, 0.1) is 0 Å². The van der Waals surface area contributed by atoms with Crippen LogP contribution in [0.1, 0.15) is 328 Å². The molecule has 0 aliphatic heterocycles. The van der Waals surface area contributed by atoms with E-state index < -0.39 is 63.2 Å². The lowest BCUT2D eigenvalue weighted by molar-refractivity contribution is -0.220. The number of rotatable bonds is 57. The van der Waals surface area contributed by atoms with Crippen molar-refractivity contribution in [2.24, 2.45) is 0 Å². The van der Waals surface area contributed by atoms with E-state index in [1.165, 1.54) is 257 Å². The minimum absolute atomic E-state index is 0.220. The van der Waals surface area contributed by atoms with Gasteiger partial charge in [-0.1, -0.05) is 315 Å². The maximum Gasteiger partial charge on any atom is 0.472 e. The summed E-state index contributed by atoms with van der Waals surface area (Å²) in [7, 11) is -5.09. The molecule has 0 aromatic heterocycles. The van der Waals surface area contributed by atoms with E-state index in [0.717, 1.165) is 44.9 Å². The minimum atomic E-state index is -5.09. The largest absolute Gasteiger partial charge is 0.472 e. The highest BCUT2D eigenvalue weighted by Gasteiger charge is 2.51. The van der Waals surface area contributed by atoms with Gasteiger partial charge in [0.05, 0.1) is 18.8 Å². The lowest BCUT2D eigenvalue weighted by Crippen LogP contribution is -2.64. The van der Waals surface area contributed by atoms with Crippen LogP contribution >= 0.6 is 7.82 Å². The van der Waals surface area contributed by atoms with Crippen LogP contribution in [0.3, 0.4) is 0 Å². The quantitative estimate of drug-likeness (QED) is 0.0163. The molecule has 0 aromatic carbocycles. The molecule has 0 spiro atoms. The molecule has 9 atom stereocenters. The molecule has 0 aromatic rings. The highest BCUT2D eigenvalue weighted by atomic mass is 31.2. The highest BCUT2D eigenvalue weighted by Crippen LogP contribution is 2.47. The Balaban J connectivity index is 2.21. The molecule has 1 aliphatic carbocycles. The van der Waals surface area contributed by atoms with Crippen LogP contribution < -0.4 is 5.32 Å². The van der Waals surface area contributed by atoms with E-state index in [1.54, 1.807) is 6.08 Å². The number of carbonyl (C=O) groups is 1. The second-order valence-electron chi connectivity index (χ2n) is 23.3. The number of carbonyl (C=O) groups excluding carboxylic acids is 1. The molecule has 76 heavy (non-hydrogen) atoms. The first-order valence-electron chi connectivity index (χ1n) is 32.6. The van der Waals surface area contributed by atoms with Gasteiger partial charge in [0.1, 0.15) is 36.6 Å². The molecule has 452 valence electrons. The zero-order chi connectivity index (χ0) is 55.6. The number of hydrogen-bond donors (Lipinski definition) is 8. The Kier molecular flexibility index (Phi) is 50.2. The topological polar surface area (TPSA) is 206 Å². The summed E-state index contributed by atoms with van der Waals surface area (Å²) in [5, 5.41) is 64.4. The number of amides is 1. The van der Waals surface area contributed by atoms with Gasteiger partial charge >= 0.3 is 7.82 Å². The highest BCUT2D eigenvalue weighted by molar-refractivity contribution is 7.47. The summed E-state index contributed by atoms with van der Waals surface area (Å²) in [5.41, 5.74) is 0. The standard InChI is InChI=1S/C63H124NO11P/c1-3-5-7-9-11-13-15-17-19-21-22-23-24-25-26-27-28-29-30-31-32-33-34-35-37-39-41-43-45-47-49-51-53-57(66)64-55(54-74-76(72,73)75-63-61(70)59(68)58(67)60(69)62(63)71)56(65)52-50-48-46-44-42-40-38-36-20-18-16-14-12-10-8-6-4-2/h50,52,55-56,58-63,65,67-71H,3-49,51,53-54H2,1-2H3,(H,64,66)(H,72,73)/b52-50+/t55-,56+,58?,59+,60?,61?,62?,63?/m0/s1. The summed E-state index contributed by atoms with van der Waals surface area (Å²) >= 11 is 0. The maximum atomic E-state index is 13.1. The third-order valence-electron chi connectivity index (χ3n) is 16.1. The van der Waals surface area contributed by atoms with Crippen LogP contribution in [-0.2, 0) is 18.4 Å². The van der Waals surface area contributed by atoms with E-state index in [-0.39, 0.29) is 12.3 Å². The fourth-order valence-corrected chi connectivity index (χ4v) is 11.8. The Morgan fingerprint density at radius 2 is 0.697 bits per heavy atom. The van der Waals surface area contributed by atoms with Gasteiger partial charge < -0.3 is 40.8 Å². The average Bonchev–Trinajstić information content (AvgIpc) is 3.41. The van der Waals surface area contributed by atoms with Crippen LogP contribution in [0.4, 0.5) is 0 Å². The molecular formula is C63H124NO11P. The molecule has 13 heteroatoms.